The fraction of sp³-hybridized carbons (Fsp3) is 0.268. The molecule has 5 aromatic carbocycles. The van der Waals surface area contributed by atoms with Gasteiger partial charge in [-0.2, -0.15) is 11.8 Å². The molecule has 0 nitrogen and oxygen atoms in total. The third-order valence-electron chi connectivity index (χ3n) is 10.2. The van der Waals surface area contributed by atoms with Crippen LogP contribution in [0.4, 0.5) is 0 Å². The molecule has 0 amide bonds. The maximum absolute atomic E-state index is 2.45. The highest BCUT2D eigenvalue weighted by atomic mass is 32.2. The Morgan fingerprint density at radius 3 is 1.43 bits per heavy atom. The summed E-state index contributed by atoms with van der Waals surface area (Å²) in [6.07, 6.45) is 9.52. The smallest absolute Gasteiger partial charge is 0.0356 e. The van der Waals surface area contributed by atoms with Crippen molar-refractivity contribution in [3.63, 3.8) is 0 Å². The molecule has 1 saturated heterocycles. The zero-order valence-corrected chi connectivity index (χ0v) is 27.4. The first kappa shape index (κ1) is 27.2. The zero-order valence-electron chi connectivity index (χ0n) is 25.0. The molecule has 0 spiro atoms. The monoisotopic (exact) mass is 624 g/mol. The number of fused-ring (bicyclic) bond motifs is 4. The fourth-order valence-electron chi connectivity index (χ4n) is 7.67. The molecule has 7 aromatic rings. The molecule has 2 fully saturated rings. The Hall–Kier alpha value is -3.11. The summed E-state index contributed by atoms with van der Waals surface area (Å²) in [4.78, 5) is 2.72. The highest BCUT2D eigenvalue weighted by Gasteiger charge is 2.18. The van der Waals surface area contributed by atoms with Crippen LogP contribution in [-0.4, -0.2) is 11.5 Å². The van der Waals surface area contributed by atoms with Crippen molar-refractivity contribution in [3.8, 4) is 20.9 Å². The molecule has 3 heteroatoms. The van der Waals surface area contributed by atoms with Gasteiger partial charge in [-0.15, -0.1) is 22.7 Å². The second kappa shape index (κ2) is 11.4. The first-order valence-corrected chi connectivity index (χ1v) is 19.2. The Bertz CT molecular complexity index is 1950. The van der Waals surface area contributed by atoms with Gasteiger partial charge in [0.1, 0.15) is 0 Å². The Kier molecular flexibility index (Phi) is 7.03. The lowest BCUT2D eigenvalue weighted by Gasteiger charge is -2.22. The number of hydrogen-bond acceptors (Lipinski definition) is 3. The van der Waals surface area contributed by atoms with Crippen LogP contribution in [0.5, 0.6) is 0 Å². The highest BCUT2D eigenvalue weighted by Crippen LogP contribution is 2.42. The van der Waals surface area contributed by atoms with E-state index in [1.54, 1.807) is 0 Å². The van der Waals surface area contributed by atoms with Crippen LogP contribution in [0.2, 0.25) is 0 Å². The van der Waals surface area contributed by atoms with Crippen LogP contribution in [0.15, 0.2) is 97.1 Å². The molecule has 1 aliphatic carbocycles. The van der Waals surface area contributed by atoms with Crippen LogP contribution in [0, 0.1) is 0 Å². The predicted molar refractivity (Wildman–Crippen MR) is 198 cm³/mol. The van der Waals surface area contributed by atoms with Gasteiger partial charge in [0.15, 0.2) is 0 Å². The van der Waals surface area contributed by atoms with Crippen molar-refractivity contribution < 1.29 is 0 Å². The van der Waals surface area contributed by atoms with Crippen molar-refractivity contribution in [2.75, 3.05) is 11.5 Å². The third kappa shape index (κ3) is 5.07. The van der Waals surface area contributed by atoms with Crippen LogP contribution in [0.1, 0.15) is 67.9 Å². The van der Waals surface area contributed by atoms with Crippen LogP contribution in [0.25, 0.3) is 62.6 Å². The summed E-state index contributed by atoms with van der Waals surface area (Å²) in [5, 5.41) is 8.15. The van der Waals surface area contributed by atoms with Crippen LogP contribution >= 0.6 is 34.4 Å². The number of rotatable bonds is 4. The molecule has 0 unspecified atom stereocenters. The predicted octanol–water partition coefficient (Wildman–Crippen LogP) is 13.4. The van der Waals surface area contributed by atoms with E-state index in [2.05, 4.69) is 109 Å². The van der Waals surface area contributed by atoms with Crippen molar-refractivity contribution >= 4 is 76.2 Å². The summed E-state index contributed by atoms with van der Waals surface area (Å²) in [5.41, 5.74) is 5.72. The topological polar surface area (TPSA) is 0 Å². The number of benzene rings is 5. The van der Waals surface area contributed by atoms with Crippen LogP contribution in [0.3, 0.4) is 0 Å². The zero-order chi connectivity index (χ0) is 29.0. The van der Waals surface area contributed by atoms with Gasteiger partial charge in [0.25, 0.3) is 0 Å². The van der Waals surface area contributed by atoms with Gasteiger partial charge in [-0.25, -0.2) is 0 Å². The van der Waals surface area contributed by atoms with E-state index >= 15 is 0 Å². The van der Waals surface area contributed by atoms with Gasteiger partial charge in [0.2, 0.25) is 0 Å². The Balaban J connectivity index is 0.996. The molecule has 1 aliphatic heterocycles. The lowest BCUT2D eigenvalue weighted by atomic mass is 9.83. The summed E-state index contributed by atoms with van der Waals surface area (Å²) in [5.74, 6) is 4.09. The van der Waals surface area contributed by atoms with Crippen LogP contribution < -0.4 is 0 Å². The molecule has 44 heavy (non-hydrogen) atoms. The molecule has 3 heterocycles. The van der Waals surface area contributed by atoms with E-state index in [1.807, 2.05) is 22.7 Å². The summed E-state index contributed by atoms with van der Waals surface area (Å²) in [6.45, 7) is 0. The molecule has 0 N–H and O–H groups in total. The molecule has 1 saturated carbocycles. The number of thiophene rings is 2. The second-order valence-electron chi connectivity index (χ2n) is 13.0. The minimum absolute atomic E-state index is 0.734. The third-order valence-corrected chi connectivity index (χ3v) is 13.6. The summed E-state index contributed by atoms with van der Waals surface area (Å²) in [6, 6.07) is 38.1. The van der Waals surface area contributed by atoms with Gasteiger partial charge in [0.05, 0.1) is 0 Å². The first-order valence-electron chi connectivity index (χ1n) is 16.4. The van der Waals surface area contributed by atoms with E-state index in [0.29, 0.717) is 0 Å². The molecule has 0 atom stereocenters. The van der Waals surface area contributed by atoms with Crippen molar-refractivity contribution in [1.82, 2.24) is 0 Å². The molecular weight excluding hydrogens is 589 g/mol. The molecule has 2 aliphatic rings. The SMILES string of the molecule is c1cc2cc(C3CCCCC3)ccc2cc1-c1cc2cc3sc(-c4ccc5cc(C6CCSCC6)ccc5c4)cc3cc2s1. The van der Waals surface area contributed by atoms with Crippen LogP contribution in [-0.2, 0) is 0 Å². The first-order chi connectivity index (χ1) is 21.7. The molecule has 2 aromatic heterocycles. The molecule has 9 rings (SSSR count). The van der Waals surface area contributed by atoms with Gasteiger partial charge in [-0.1, -0.05) is 79.9 Å². The van der Waals surface area contributed by atoms with Crippen molar-refractivity contribution in [2.24, 2.45) is 0 Å². The van der Waals surface area contributed by atoms with Crippen molar-refractivity contribution in [1.29, 1.82) is 0 Å². The van der Waals surface area contributed by atoms with Crippen molar-refractivity contribution in [2.45, 2.75) is 56.8 Å². The summed E-state index contributed by atoms with van der Waals surface area (Å²) < 4.78 is 2.74. The second-order valence-corrected chi connectivity index (χ2v) is 16.4. The molecule has 0 bridgehead atoms. The van der Waals surface area contributed by atoms with Gasteiger partial charge < -0.3 is 0 Å². The average Bonchev–Trinajstić information content (AvgIpc) is 3.70. The Morgan fingerprint density at radius 2 is 0.886 bits per heavy atom. The maximum atomic E-state index is 2.45. The maximum Gasteiger partial charge on any atom is 0.0356 e. The standard InChI is InChI=1S/C41H36S3/c1-2-4-26(5-3-1)28-6-8-32-20-34(12-10-30(32)18-28)38-22-36-24-41-37(25-40(36)43-38)23-39(44-41)35-13-11-31-19-29(7-9-33(31)21-35)27-14-16-42-17-15-27/h6-13,18-27H,1-5,14-17H2. The van der Waals surface area contributed by atoms with Gasteiger partial charge in [0, 0.05) is 19.2 Å². The summed E-state index contributed by atoms with van der Waals surface area (Å²) in [7, 11) is 0. The Morgan fingerprint density at radius 1 is 0.409 bits per heavy atom. The van der Waals surface area contributed by atoms with Gasteiger partial charge >= 0.3 is 0 Å². The summed E-state index contributed by atoms with van der Waals surface area (Å²) >= 11 is 5.95. The molecule has 218 valence electrons. The van der Waals surface area contributed by atoms with Gasteiger partial charge in [-0.05, 0) is 140 Å². The molecular formula is C41H36S3. The minimum atomic E-state index is 0.734. The lowest BCUT2D eigenvalue weighted by Crippen LogP contribution is -2.07. The van der Waals surface area contributed by atoms with E-state index in [0.717, 1.165) is 11.8 Å². The number of thioether (sulfide) groups is 1. The minimum Gasteiger partial charge on any atom is -0.162 e. The largest absolute Gasteiger partial charge is 0.162 e. The van der Waals surface area contributed by atoms with E-state index in [9.17, 15) is 0 Å². The Labute approximate surface area is 272 Å². The van der Waals surface area contributed by atoms with E-state index in [1.165, 1.54) is 130 Å². The van der Waals surface area contributed by atoms with Crippen molar-refractivity contribution in [3.05, 3.63) is 108 Å². The van der Waals surface area contributed by atoms with Gasteiger partial charge in [-0.3, -0.25) is 0 Å². The highest BCUT2D eigenvalue weighted by molar-refractivity contribution is 7.99. The lowest BCUT2D eigenvalue weighted by molar-refractivity contribution is 0.444. The number of hydrogen-bond donors (Lipinski definition) is 0. The average molecular weight is 625 g/mol. The van der Waals surface area contributed by atoms with E-state index < -0.39 is 0 Å². The fourth-order valence-corrected chi connectivity index (χ4v) is 11.0. The van der Waals surface area contributed by atoms with E-state index in [-0.39, 0.29) is 0 Å². The quantitative estimate of drug-likeness (QED) is 0.188. The van der Waals surface area contributed by atoms with E-state index in [4.69, 9.17) is 0 Å². The normalized spacial score (nSPS) is 16.9. The molecule has 0 radical (unpaired) electrons.